The largest absolute Gasteiger partial charge is 0.370 e. The lowest BCUT2D eigenvalue weighted by molar-refractivity contribution is -0.137. The van der Waals surface area contributed by atoms with Crippen molar-refractivity contribution in [3.05, 3.63) is 0 Å². The standard InChI is InChI=1S/C11H23N3O2/c1-10-8-13(2)5-3-6-14(10)11(15)9-16-7-4-12/h10H,3-9,12H2,1-2H3. The first kappa shape index (κ1) is 13.4. The minimum atomic E-state index is 0.0799. The molecule has 0 radical (unpaired) electrons. The lowest BCUT2D eigenvalue weighted by Gasteiger charge is -2.27. The van der Waals surface area contributed by atoms with Crippen molar-refractivity contribution in [1.82, 2.24) is 9.80 Å². The van der Waals surface area contributed by atoms with E-state index in [4.69, 9.17) is 10.5 Å². The molecule has 1 heterocycles. The average molecular weight is 229 g/mol. The Morgan fingerprint density at radius 2 is 2.25 bits per heavy atom. The smallest absolute Gasteiger partial charge is 0.248 e. The minimum absolute atomic E-state index is 0.0799. The Morgan fingerprint density at radius 3 is 2.94 bits per heavy atom. The molecular weight excluding hydrogens is 206 g/mol. The molecule has 1 rings (SSSR count). The summed E-state index contributed by atoms with van der Waals surface area (Å²) in [6.45, 7) is 5.98. The van der Waals surface area contributed by atoms with Gasteiger partial charge in [-0.1, -0.05) is 0 Å². The first-order valence-corrected chi connectivity index (χ1v) is 5.91. The van der Waals surface area contributed by atoms with Crippen LogP contribution in [0.5, 0.6) is 0 Å². The van der Waals surface area contributed by atoms with Crippen molar-refractivity contribution in [1.29, 1.82) is 0 Å². The molecule has 5 heteroatoms. The Labute approximate surface area is 97.5 Å². The zero-order chi connectivity index (χ0) is 12.0. The van der Waals surface area contributed by atoms with Gasteiger partial charge in [-0.25, -0.2) is 0 Å². The van der Waals surface area contributed by atoms with E-state index in [9.17, 15) is 4.79 Å². The molecule has 1 saturated heterocycles. The van der Waals surface area contributed by atoms with Crippen LogP contribution in [0.2, 0.25) is 0 Å². The van der Waals surface area contributed by atoms with Crippen molar-refractivity contribution < 1.29 is 9.53 Å². The number of amides is 1. The Hall–Kier alpha value is -0.650. The van der Waals surface area contributed by atoms with E-state index in [1.54, 1.807) is 0 Å². The number of carbonyl (C=O) groups excluding carboxylic acids is 1. The van der Waals surface area contributed by atoms with Crippen molar-refractivity contribution in [2.75, 3.05) is 46.4 Å². The fraction of sp³-hybridized carbons (Fsp3) is 0.909. The number of nitrogens with zero attached hydrogens (tertiary/aromatic N) is 2. The summed E-state index contributed by atoms with van der Waals surface area (Å²) < 4.78 is 5.18. The van der Waals surface area contributed by atoms with Gasteiger partial charge in [0.25, 0.3) is 0 Å². The third-order valence-corrected chi connectivity index (χ3v) is 2.85. The van der Waals surface area contributed by atoms with Gasteiger partial charge in [-0.2, -0.15) is 0 Å². The van der Waals surface area contributed by atoms with Crippen LogP contribution >= 0.6 is 0 Å². The Morgan fingerprint density at radius 1 is 1.50 bits per heavy atom. The highest BCUT2D eigenvalue weighted by atomic mass is 16.5. The van der Waals surface area contributed by atoms with E-state index in [2.05, 4.69) is 18.9 Å². The van der Waals surface area contributed by atoms with Gasteiger partial charge in [-0.3, -0.25) is 4.79 Å². The number of hydrogen-bond donors (Lipinski definition) is 1. The van der Waals surface area contributed by atoms with Crippen LogP contribution in [0.25, 0.3) is 0 Å². The Balaban J connectivity index is 2.40. The van der Waals surface area contributed by atoms with Crippen LogP contribution in [0.4, 0.5) is 0 Å². The van der Waals surface area contributed by atoms with Crippen LogP contribution in [0.1, 0.15) is 13.3 Å². The molecule has 16 heavy (non-hydrogen) atoms. The number of carbonyl (C=O) groups is 1. The quantitative estimate of drug-likeness (QED) is 0.661. The molecule has 1 fully saturated rings. The maximum Gasteiger partial charge on any atom is 0.248 e. The molecule has 0 aromatic heterocycles. The molecular formula is C11H23N3O2. The van der Waals surface area contributed by atoms with Crippen LogP contribution < -0.4 is 5.73 Å². The van der Waals surface area contributed by atoms with Crippen molar-refractivity contribution >= 4 is 5.91 Å². The number of likely N-dealkylation sites (N-methyl/N-ethyl adjacent to an activating group) is 1. The molecule has 1 atom stereocenters. The molecule has 0 bridgehead atoms. The average Bonchev–Trinajstić information content (AvgIpc) is 2.39. The maximum atomic E-state index is 11.9. The lowest BCUT2D eigenvalue weighted by Crippen LogP contribution is -2.43. The van der Waals surface area contributed by atoms with E-state index in [1.165, 1.54) is 0 Å². The molecule has 5 nitrogen and oxygen atoms in total. The third-order valence-electron chi connectivity index (χ3n) is 2.85. The fourth-order valence-corrected chi connectivity index (χ4v) is 2.07. The zero-order valence-electron chi connectivity index (χ0n) is 10.3. The fourth-order valence-electron chi connectivity index (χ4n) is 2.07. The summed E-state index contributed by atoms with van der Waals surface area (Å²) >= 11 is 0. The predicted octanol–water partition coefficient (Wildman–Crippen LogP) is -0.486. The second-order valence-electron chi connectivity index (χ2n) is 4.39. The molecule has 0 aliphatic carbocycles. The highest BCUT2D eigenvalue weighted by molar-refractivity contribution is 5.77. The lowest BCUT2D eigenvalue weighted by atomic mass is 10.2. The van der Waals surface area contributed by atoms with Gasteiger partial charge in [0.2, 0.25) is 5.91 Å². The van der Waals surface area contributed by atoms with Crippen molar-refractivity contribution in [2.45, 2.75) is 19.4 Å². The van der Waals surface area contributed by atoms with E-state index in [0.717, 1.165) is 26.1 Å². The van der Waals surface area contributed by atoms with Gasteiger partial charge in [0, 0.05) is 25.7 Å². The summed E-state index contributed by atoms with van der Waals surface area (Å²) in [5.41, 5.74) is 5.31. The number of rotatable bonds is 4. The molecule has 0 aromatic rings. The monoisotopic (exact) mass is 229 g/mol. The molecule has 1 unspecified atom stereocenters. The van der Waals surface area contributed by atoms with Gasteiger partial charge in [0.15, 0.2) is 0 Å². The SMILES string of the molecule is CC1CN(C)CCCN1C(=O)COCCN. The van der Waals surface area contributed by atoms with E-state index < -0.39 is 0 Å². The topological polar surface area (TPSA) is 58.8 Å². The summed E-state index contributed by atoms with van der Waals surface area (Å²) in [5, 5.41) is 0. The Kier molecular flexibility index (Phi) is 5.73. The molecule has 0 aromatic carbocycles. The second-order valence-corrected chi connectivity index (χ2v) is 4.39. The highest BCUT2D eigenvalue weighted by Gasteiger charge is 2.23. The number of hydrogen-bond acceptors (Lipinski definition) is 4. The van der Waals surface area contributed by atoms with E-state index in [0.29, 0.717) is 13.2 Å². The molecule has 0 saturated carbocycles. The van der Waals surface area contributed by atoms with Gasteiger partial charge in [-0.05, 0) is 26.9 Å². The molecule has 1 amide bonds. The van der Waals surface area contributed by atoms with Gasteiger partial charge < -0.3 is 20.3 Å². The Bertz CT molecular complexity index is 223. The van der Waals surface area contributed by atoms with Gasteiger partial charge >= 0.3 is 0 Å². The van der Waals surface area contributed by atoms with Gasteiger partial charge in [0.05, 0.1) is 6.61 Å². The third kappa shape index (κ3) is 4.08. The molecule has 1 aliphatic rings. The van der Waals surface area contributed by atoms with Crippen molar-refractivity contribution in [3.8, 4) is 0 Å². The van der Waals surface area contributed by atoms with Gasteiger partial charge in [-0.15, -0.1) is 0 Å². The minimum Gasteiger partial charge on any atom is -0.370 e. The summed E-state index contributed by atoms with van der Waals surface area (Å²) in [5.74, 6) is 0.0799. The van der Waals surface area contributed by atoms with Gasteiger partial charge in [0.1, 0.15) is 6.61 Å². The molecule has 2 N–H and O–H groups in total. The van der Waals surface area contributed by atoms with E-state index in [-0.39, 0.29) is 18.6 Å². The normalized spacial score (nSPS) is 23.2. The highest BCUT2D eigenvalue weighted by Crippen LogP contribution is 2.08. The van der Waals surface area contributed by atoms with Crippen LogP contribution in [-0.4, -0.2) is 68.2 Å². The predicted molar refractivity (Wildman–Crippen MR) is 63.2 cm³/mol. The van der Waals surface area contributed by atoms with E-state index >= 15 is 0 Å². The molecule has 94 valence electrons. The summed E-state index contributed by atoms with van der Waals surface area (Å²) in [6, 6.07) is 0.265. The number of nitrogens with two attached hydrogens (primary N) is 1. The summed E-state index contributed by atoms with van der Waals surface area (Å²) in [7, 11) is 2.09. The van der Waals surface area contributed by atoms with Crippen LogP contribution in [0.15, 0.2) is 0 Å². The number of ether oxygens (including phenoxy) is 1. The molecule has 1 aliphatic heterocycles. The van der Waals surface area contributed by atoms with Crippen LogP contribution in [-0.2, 0) is 9.53 Å². The maximum absolute atomic E-state index is 11.9. The second kappa shape index (κ2) is 6.83. The van der Waals surface area contributed by atoms with E-state index in [1.807, 2.05) is 4.90 Å². The first-order chi connectivity index (χ1) is 7.65. The van der Waals surface area contributed by atoms with Crippen molar-refractivity contribution in [3.63, 3.8) is 0 Å². The first-order valence-electron chi connectivity index (χ1n) is 5.91. The van der Waals surface area contributed by atoms with Crippen molar-refractivity contribution in [2.24, 2.45) is 5.73 Å². The summed E-state index contributed by atoms with van der Waals surface area (Å²) in [6.07, 6.45) is 1.03. The van der Waals surface area contributed by atoms with Crippen LogP contribution in [0, 0.1) is 0 Å². The van der Waals surface area contributed by atoms with Crippen LogP contribution in [0.3, 0.4) is 0 Å². The molecule has 0 spiro atoms. The summed E-state index contributed by atoms with van der Waals surface area (Å²) in [4.78, 5) is 16.1. The zero-order valence-corrected chi connectivity index (χ0v) is 10.3.